The molecule has 4 N–H and O–H groups in total. The lowest BCUT2D eigenvalue weighted by atomic mass is 9.61. The number of hydrogen-bond acceptors (Lipinski definition) is 4. The minimum atomic E-state index is -0.790. The summed E-state index contributed by atoms with van der Waals surface area (Å²) in [5.41, 5.74) is 4.90. The second-order valence-corrected chi connectivity index (χ2v) is 6.22. The molecule has 18 heavy (non-hydrogen) atoms. The summed E-state index contributed by atoms with van der Waals surface area (Å²) in [6.45, 7) is 4.05. The predicted octanol–water partition coefficient (Wildman–Crippen LogP) is 1.41. The van der Waals surface area contributed by atoms with Crippen LogP contribution in [0.5, 0.6) is 0 Å². The second kappa shape index (κ2) is 6.31. The van der Waals surface area contributed by atoms with E-state index in [0.717, 1.165) is 12.2 Å². The first kappa shape index (κ1) is 15.1. The van der Waals surface area contributed by atoms with E-state index in [-0.39, 0.29) is 17.8 Å². The molecule has 0 aromatic heterocycles. The maximum atomic E-state index is 12.3. The Morgan fingerprint density at radius 2 is 2.28 bits per heavy atom. The van der Waals surface area contributed by atoms with Crippen LogP contribution in [0.4, 0.5) is 0 Å². The molecule has 1 saturated carbocycles. The van der Waals surface area contributed by atoms with Crippen LogP contribution in [0.1, 0.15) is 33.1 Å². The Hall–Kier alpha value is -0.910. The van der Waals surface area contributed by atoms with Gasteiger partial charge in [-0.05, 0) is 44.1 Å². The molecule has 1 aliphatic rings. The smallest absolute Gasteiger partial charge is 0.234 e. The van der Waals surface area contributed by atoms with Gasteiger partial charge in [0.05, 0.1) is 0 Å². The van der Waals surface area contributed by atoms with Crippen LogP contribution in [0.25, 0.3) is 0 Å². The fourth-order valence-corrected chi connectivity index (χ4v) is 3.05. The van der Waals surface area contributed by atoms with Gasteiger partial charge in [-0.3, -0.25) is 4.79 Å². The first-order valence-corrected chi connectivity index (χ1v) is 7.63. The molecule has 0 heterocycles. The van der Waals surface area contributed by atoms with E-state index < -0.39 is 5.41 Å². The fraction of sp³-hybridized carbons (Fsp3) is 0.833. The van der Waals surface area contributed by atoms with Crippen molar-refractivity contribution in [3.8, 4) is 0 Å². The van der Waals surface area contributed by atoms with Crippen molar-refractivity contribution < 1.29 is 10.0 Å². The lowest BCUT2D eigenvalue weighted by Crippen LogP contribution is -2.58. The third-order valence-corrected chi connectivity index (χ3v) is 4.20. The molecular weight excluding hydrogens is 250 g/mol. The molecule has 0 aliphatic heterocycles. The summed E-state index contributed by atoms with van der Waals surface area (Å²) in [6.07, 6.45) is 4.28. The number of hydrogen-bond donors (Lipinski definition) is 3. The highest BCUT2D eigenvalue weighted by molar-refractivity contribution is 7.98. The zero-order valence-electron chi connectivity index (χ0n) is 11.3. The molecule has 1 rings (SSSR count). The first-order chi connectivity index (χ1) is 8.46. The van der Waals surface area contributed by atoms with Gasteiger partial charge in [-0.15, -0.1) is 0 Å². The van der Waals surface area contributed by atoms with Crippen LogP contribution in [0, 0.1) is 11.3 Å². The van der Waals surface area contributed by atoms with Crippen LogP contribution in [0.2, 0.25) is 0 Å². The number of rotatable bonds is 6. The molecule has 0 bridgehead atoms. The molecule has 0 spiro atoms. The van der Waals surface area contributed by atoms with Gasteiger partial charge < -0.3 is 16.3 Å². The number of nitrogens with one attached hydrogen (secondary N) is 1. The summed E-state index contributed by atoms with van der Waals surface area (Å²) in [5, 5.41) is 14.8. The normalized spacial score (nSPS) is 29.5. The first-order valence-electron chi connectivity index (χ1n) is 6.24. The second-order valence-electron chi connectivity index (χ2n) is 5.24. The summed E-state index contributed by atoms with van der Waals surface area (Å²) in [5.74, 6) is 1.38. The Kier molecular flexibility index (Phi) is 5.31. The number of amidine groups is 1. The quantitative estimate of drug-likeness (QED) is 0.295. The van der Waals surface area contributed by atoms with Crippen molar-refractivity contribution in [1.82, 2.24) is 5.32 Å². The fourth-order valence-electron chi connectivity index (χ4n) is 2.47. The van der Waals surface area contributed by atoms with Crippen LogP contribution in [0.15, 0.2) is 5.16 Å². The van der Waals surface area contributed by atoms with Crippen LogP contribution in [-0.2, 0) is 4.79 Å². The molecule has 0 saturated heterocycles. The van der Waals surface area contributed by atoms with Gasteiger partial charge in [0.1, 0.15) is 5.41 Å². The summed E-state index contributed by atoms with van der Waals surface area (Å²) < 4.78 is 0. The van der Waals surface area contributed by atoms with Crippen molar-refractivity contribution >= 4 is 23.5 Å². The van der Waals surface area contributed by atoms with Gasteiger partial charge in [-0.25, -0.2) is 0 Å². The van der Waals surface area contributed by atoms with Crippen LogP contribution >= 0.6 is 11.8 Å². The molecular formula is C12H23N3O2S. The number of oxime groups is 1. The molecule has 1 amide bonds. The molecule has 1 atom stereocenters. The van der Waals surface area contributed by atoms with Crippen molar-refractivity contribution in [3.63, 3.8) is 0 Å². The summed E-state index contributed by atoms with van der Waals surface area (Å²) >= 11 is 1.76. The third kappa shape index (κ3) is 3.10. The van der Waals surface area contributed by atoms with Crippen molar-refractivity contribution in [3.05, 3.63) is 0 Å². The summed E-state index contributed by atoms with van der Waals surface area (Å²) in [6, 6.07) is 0.115. The van der Waals surface area contributed by atoms with E-state index in [1.165, 1.54) is 0 Å². The van der Waals surface area contributed by atoms with Crippen LogP contribution in [0.3, 0.4) is 0 Å². The van der Waals surface area contributed by atoms with Gasteiger partial charge in [0, 0.05) is 6.04 Å². The Balaban J connectivity index is 2.62. The van der Waals surface area contributed by atoms with Crippen molar-refractivity contribution in [2.75, 3.05) is 12.0 Å². The third-order valence-electron chi connectivity index (χ3n) is 3.56. The number of nitrogens with two attached hydrogens (primary N) is 1. The lowest BCUT2D eigenvalue weighted by Gasteiger charge is -2.44. The maximum absolute atomic E-state index is 12.3. The number of carbonyl (C=O) groups is 1. The van der Waals surface area contributed by atoms with Gasteiger partial charge in [0.15, 0.2) is 5.84 Å². The largest absolute Gasteiger partial charge is 0.409 e. The molecule has 6 heteroatoms. The molecule has 1 unspecified atom stereocenters. The monoisotopic (exact) mass is 273 g/mol. The van der Waals surface area contributed by atoms with E-state index in [1.807, 2.05) is 13.2 Å². The van der Waals surface area contributed by atoms with Gasteiger partial charge in [-0.1, -0.05) is 12.1 Å². The zero-order valence-corrected chi connectivity index (χ0v) is 12.1. The highest BCUT2D eigenvalue weighted by atomic mass is 32.2. The minimum absolute atomic E-state index is 0.0372. The molecule has 1 aliphatic carbocycles. The van der Waals surface area contributed by atoms with Gasteiger partial charge in [0.25, 0.3) is 0 Å². The van der Waals surface area contributed by atoms with E-state index in [2.05, 4.69) is 17.4 Å². The van der Waals surface area contributed by atoms with E-state index in [1.54, 1.807) is 11.8 Å². The number of carbonyl (C=O) groups excluding carboxylic acids is 1. The molecule has 0 aromatic rings. The molecule has 1 fully saturated rings. The standard InChI is InChI=1S/C12H23N3O2S/c1-8-6-12(7-8,10(13)15-17)11(16)14-9(2)4-5-18-3/h8-9,17H,4-7H2,1-3H3,(H2,13,15)(H,14,16). The molecule has 0 aromatic carbocycles. The SMILES string of the molecule is CSCCC(C)NC(=O)C1(C(N)=NO)CC(C)C1. The van der Waals surface area contributed by atoms with Gasteiger partial charge >= 0.3 is 0 Å². The van der Waals surface area contributed by atoms with Crippen LogP contribution < -0.4 is 11.1 Å². The molecule has 5 nitrogen and oxygen atoms in total. The lowest BCUT2D eigenvalue weighted by molar-refractivity contribution is -0.133. The Labute approximate surface area is 113 Å². The predicted molar refractivity (Wildman–Crippen MR) is 74.8 cm³/mol. The van der Waals surface area contributed by atoms with E-state index >= 15 is 0 Å². The zero-order chi connectivity index (χ0) is 13.8. The summed E-state index contributed by atoms with van der Waals surface area (Å²) in [4.78, 5) is 12.3. The average molecular weight is 273 g/mol. The van der Waals surface area contributed by atoms with Crippen molar-refractivity contribution in [2.24, 2.45) is 22.2 Å². The topological polar surface area (TPSA) is 87.7 Å². The number of thioether (sulfide) groups is 1. The highest BCUT2D eigenvalue weighted by Crippen LogP contribution is 2.45. The van der Waals surface area contributed by atoms with Gasteiger partial charge in [0.2, 0.25) is 5.91 Å². The Bertz CT molecular complexity index is 327. The van der Waals surface area contributed by atoms with Crippen molar-refractivity contribution in [1.29, 1.82) is 0 Å². The van der Waals surface area contributed by atoms with Crippen molar-refractivity contribution in [2.45, 2.75) is 39.2 Å². The Morgan fingerprint density at radius 3 is 2.72 bits per heavy atom. The molecule has 0 radical (unpaired) electrons. The van der Waals surface area contributed by atoms with Gasteiger partial charge in [-0.2, -0.15) is 11.8 Å². The number of amides is 1. The highest BCUT2D eigenvalue weighted by Gasteiger charge is 2.52. The minimum Gasteiger partial charge on any atom is -0.409 e. The molecule has 104 valence electrons. The van der Waals surface area contributed by atoms with E-state index in [4.69, 9.17) is 10.9 Å². The average Bonchev–Trinajstić information content (AvgIpc) is 2.30. The van der Waals surface area contributed by atoms with E-state index in [0.29, 0.717) is 18.8 Å². The maximum Gasteiger partial charge on any atom is 0.234 e. The Morgan fingerprint density at radius 1 is 1.67 bits per heavy atom. The number of nitrogens with zero attached hydrogens (tertiary/aromatic N) is 1. The van der Waals surface area contributed by atoms with E-state index in [9.17, 15) is 4.79 Å². The van der Waals surface area contributed by atoms with Crippen LogP contribution in [-0.4, -0.2) is 35.0 Å². The summed E-state index contributed by atoms with van der Waals surface area (Å²) in [7, 11) is 0.